The van der Waals surface area contributed by atoms with Gasteiger partial charge in [0.15, 0.2) is 0 Å². The minimum Gasteiger partial charge on any atom is -0.396 e. The van der Waals surface area contributed by atoms with Gasteiger partial charge in [-0.05, 0) is 48.8 Å². The van der Waals surface area contributed by atoms with Crippen LogP contribution in [0.4, 0.5) is 0 Å². The average molecular weight is 199 g/mol. The van der Waals surface area contributed by atoms with Gasteiger partial charge in [0.2, 0.25) is 0 Å². The zero-order valence-electron chi connectivity index (χ0n) is 8.07. The third-order valence-corrected chi connectivity index (χ3v) is 2.71. The molecule has 1 N–H and O–H groups in total. The highest BCUT2D eigenvalue weighted by atomic mass is 32.1. The Morgan fingerprint density at radius 3 is 2.92 bits per heavy atom. The minimum absolute atomic E-state index is 0.312. The number of rotatable bonds is 6. The van der Waals surface area contributed by atoms with Crippen LogP contribution in [0.15, 0.2) is 16.8 Å². The first-order valence-electron chi connectivity index (χ1n) is 4.63. The summed E-state index contributed by atoms with van der Waals surface area (Å²) in [6.45, 7) is 2.40. The second-order valence-corrected chi connectivity index (χ2v) is 4.08. The second kappa shape index (κ2) is 6.13. The van der Waals surface area contributed by atoms with E-state index in [1.807, 2.05) is 0 Å². The van der Waals surface area contributed by atoms with Crippen molar-refractivity contribution in [3.8, 4) is 0 Å². The topological polar surface area (TPSA) is 23.5 Å². The van der Waals surface area contributed by atoms with E-state index in [-0.39, 0.29) is 0 Å². The van der Waals surface area contributed by atoms with Crippen LogP contribution in [0.3, 0.4) is 0 Å². The molecule has 13 heavy (non-hydrogen) atoms. The molecule has 0 radical (unpaired) electrons. The summed E-state index contributed by atoms with van der Waals surface area (Å²) in [5.41, 5.74) is 1.39. The lowest BCUT2D eigenvalue weighted by Gasteiger charge is -2.14. The van der Waals surface area contributed by atoms with Gasteiger partial charge in [-0.15, -0.1) is 0 Å². The van der Waals surface area contributed by atoms with Crippen LogP contribution in [0.2, 0.25) is 0 Å². The monoisotopic (exact) mass is 199 g/mol. The van der Waals surface area contributed by atoms with Gasteiger partial charge >= 0.3 is 0 Å². The van der Waals surface area contributed by atoms with E-state index in [9.17, 15) is 0 Å². The molecule has 2 nitrogen and oxygen atoms in total. The summed E-state index contributed by atoms with van der Waals surface area (Å²) in [6.07, 6.45) is 1.99. The number of unbranched alkanes of at least 4 members (excludes halogenated alkanes) is 1. The number of hydrogen-bond acceptors (Lipinski definition) is 3. The molecule has 0 saturated heterocycles. The van der Waals surface area contributed by atoms with Crippen molar-refractivity contribution in [2.75, 3.05) is 20.2 Å². The maximum atomic E-state index is 8.62. The average Bonchev–Trinajstić information content (AvgIpc) is 2.57. The van der Waals surface area contributed by atoms with Gasteiger partial charge in [0, 0.05) is 13.2 Å². The molecule has 74 valence electrons. The van der Waals surface area contributed by atoms with Crippen molar-refractivity contribution in [2.45, 2.75) is 19.4 Å². The van der Waals surface area contributed by atoms with Crippen molar-refractivity contribution in [3.05, 3.63) is 22.4 Å². The summed E-state index contributed by atoms with van der Waals surface area (Å²) in [5.74, 6) is 0. The zero-order valence-corrected chi connectivity index (χ0v) is 8.89. The molecule has 1 heterocycles. The van der Waals surface area contributed by atoms with E-state index < -0.39 is 0 Å². The molecule has 0 aromatic carbocycles. The van der Waals surface area contributed by atoms with E-state index in [1.54, 1.807) is 11.3 Å². The van der Waals surface area contributed by atoms with Gasteiger partial charge < -0.3 is 10.0 Å². The molecule has 3 heteroatoms. The van der Waals surface area contributed by atoms with E-state index in [0.29, 0.717) is 6.61 Å². The molecule has 0 unspecified atom stereocenters. The Balaban J connectivity index is 2.14. The molecule has 1 aromatic heterocycles. The van der Waals surface area contributed by atoms with Gasteiger partial charge in [-0.1, -0.05) is 0 Å². The normalized spacial score (nSPS) is 11.0. The predicted octanol–water partition coefficient (Wildman–Crippen LogP) is 1.95. The van der Waals surface area contributed by atoms with Crippen LogP contribution in [0.5, 0.6) is 0 Å². The molecule has 0 amide bonds. The van der Waals surface area contributed by atoms with Crippen LogP contribution in [0.25, 0.3) is 0 Å². The fraction of sp³-hybridized carbons (Fsp3) is 0.600. The molecule has 0 bridgehead atoms. The Bertz CT molecular complexity index is 211. The fourth-order valence-electron chi connectivity index (χ4n) is 1.27. The lowest BCUT2D eigenvalue weighted by Crippen LogP contribution is -2.18. The van der Waals surface area contributed by atoms with Crippen molar-refractivity contribution in [3.63, 3.8) is 0 Å². The standard InChI is InChI=1S/C10H17NOS/c1-11(5-2-3-6-12)8-10-4-7-13-9-10/h4,7,9,12H,2-3,5-6,8H2,1H3. The van der Waals surface area contributed by atoms with E-state index >= 15 is 0 Å². The summed E-state index contributed by atoms with van der Waals surface area (Å²) in [6, 6.07) is 2.16. The highest BCUT2D eigenvalue weighted by Gasteiger charge is 1.99. The molecule has 0 aliphatic rings. The van der Waals surface area contributed by atoms with Crippen molar-refractivity contribution in [1.29, 1.82) is 0 Å². The molecule has 1 rings (SSSR count). The van der Waals surface area contributed by atoms with E-state index in [4.69, 9.17) is 5.11 Å². The number of hydrogen-bond donors (Lipinski definition) is 1. The first-order valence-corrected chi connectivity index (χ1v) is 5.57. The van der Waals surface area contributed by atoms with Crippen LogP contribution < -0.4 is 0 Å². The highest BCUT2D eigenvalue weighted by molar-refractivity contribution is 7.07. The molecule has 1 aromatic rings. The molecular weight excluding hydrogens is 182 g/mol. The zero-order chi connectivity index (χ0) is 9.52. The maximum Gasteiger partial charge on any atom is 0.0431 e. The molecule has 0 spiro atoms. The van der Waals surface area contributed by atoms with E-state index in [0.717, 1.165) is 25.9 Å². The van der Waals surface area contributed by atoms with Crippen LogP contribution >= 0.6 is 11.3 Å². The number of aliphatic hydroxyl groups is 1. The van der Waals surface area contributed by atoms with Gasteiger partial charge in [-0.2, -0.15) is 11.3 Å². The lowest BCUT2D eigenvalue weighted by atomic mass is 10.3. The predicted molar refractivity (Wildman–Crippen MR) is 57.0 cm³/mol. The summed E-state index contributed by atoms with van der Waals surface area (Å²) < 4.78 is 0. The van der Waals surface area contributed by atoms with Crippen molar-refractivity contribution in [1.82, 2.24) is 4.90 Å². The molecule has 0 aliphatic carbocycles. The largest absolute Gasteiger partial charge is 0.396 e. The lowest BCUT2D eigenvalue weighted by molar-refractivity contribution is 0.261. The Kier molecular flexibility index (Phi) is 5.05. The van der Waals surface area contributed by atoms with Crippen LogP contribution in [-0.2, 0) is 6.54 Å². The summed E-state index contributed by atoms with van der Waals surface area (Å²) in [7, 11) is 2.12. The van der Waals surface area contributed by atoms with E-state index in [1.165, 1.54) is 5.56 Å². The molecule has 0 saturated carbocycles. The van der Waals surface area contributed by atoms with Gasteiger partial charge in [-0.25, -0.2) is 0 Å². The van der Waals surface area contributed by atoms with Crippen molar-refractivity contribution < 1.29 is 5.11 Å². The second-order valence-electron chi connectivity index (χ2n) is 3.30. The SMILES string of the molecule is CN(CCCCO)Cc1ccsc1. The van der Waals surface area contributed by atoms with Crippen LogP contribution in [0, 0.1) is 0 Å². The molecular formula is C10H17NOS. The third kappa shape index (κ3) is 4.41. The Morgan fingerprint density at radius 1 is 1.46 bits per heavy atom. The first-order chi connectivity index (χ1) is 6.33. The number of aliphatic hydroxyl groups excluding tert-OH is 1. The molecule has 0 fully saturated rings. The Hall–Kier alpha value is -0.380. The minimum atomic E-state index is 0.312. The van der Waals surface area contributed by atoms with Crippen LogP contribution in [0.1, 0.15) is 18.4 Å². The summed E-state index contributed by atoms with van der Waals surface area (Å²) in [5, 5.41) is 12.9. The van der Waals surface area contributed by atoms with Gasteiger partial charge in [-0.3, -0.25) is 0 Å². The maximum absolute atomic E-state index is 8.62. The van der Waals surface area contributed by atoms with E-state index in [2.05, 4.69) is 28.8 Å². The highest BCUT2D eigenvalue weighted by Crippen LogP contribution is 2.08. The first kappa shape index (κ1) is 10.7. The summed E-state index contributed by atoms with van der Waals surface area (Å²) in [4.78, 5) is 2.29. The van der Waals surface area contributed by atoms with Gasteiger partial charge in [0.05, 0.1) is 0 Å². The smallest absolute Gasteiger partial charge is 0.0431 e. The Labute approximate surface area is 83.8 Å². The quantitative estimate of drug-likeness (QED) is 0.708. The van der Waals surface area contributed by atoms with Gasteiger partial charge in [0.25, 0.3) is 0 Å². The van der Waals surface area contributed by atoms with Crippen molar-refractivity contribution in [2.24, 2.45) is 0 Å². The Morgan fingerprint density at radius 2 is 2.31 bits per heavy atom. The number of thiophene rings is 1. The number of nitrogens with zero attached hydrogens (tertiary/aromatic N) is 1. The fourth-order valence-corrected chi connectivity index (χ4v) is 1.93. The summed E-state index contributed by atoms with van der Waals surface area (Å²) >= 11 is 1.74. The van der Waals surface area contributed by atoms with Gasteiger partial charge in [0.1, 0.15) is 0 Å². The van der Waals surface area contributed by atoms with Crippen LogP contribution in [-0.4, -0.2) is 30.2 Å². The third-order valence-electron chi connectivity index (χ3n) is 1.98. The van der Waals surface area contributed by atoms with Crippen molar-refractivity contribution >= 4 is 11.3 Å². The molecule has 0 atom stereocenters. The molecule has 0 aliphatic heterocycles.